The van der Waals surface area contributed by atoms with Gasteiger partial charge in [0.2, 0.25) is 5.91 Å². The molecule has 1 aliphatic heterocycles. The summed E-state index contributed by atoms with van der Waals surface area (Å²) in [5.41, 5.74) is 1.48. The highest BCUT2D eigenvalue weighted by molar-refractivity contribution is 6.39. The van der Waals surface area contributed by atoms with Crippen LogP contribution in [0.1, 0.15) is 43.0 Å². The van der Waals surface area contributed by atoms with Gasteiger partial charge in [-0.25, -0.2) is 5.01 Å². The molecule has 0 bridgehead atoms. The number of hydrazone groups is 1. The molecule has 0 fully saturated rings. The van der Waals surface area contributed by atoms with Crippen molar-refractivity contribution in [1.29, 1.82) is 0 Å². The van der Waals surface area contributed by atoms with E-state index in [4.69, 9.17) is 4.42 Å². The van der Waals surface area contributed by atoms with Crippen LogP contribution in [0.3, 0.4) is 0 Å². The Balaban J connectivity index is 1.72. The Labute approximate surface area is 116 Å². The number of amides is 2. The SMILES string of the molecule is CN1N=C(C(=O)N[C@@H]2CCCc3occc32)CCC1=O. The fourth-order valence-corrected chi connectivity index (χ4v) is 2.71. The van der Waals surface area contributed by atoms with Crippen LogP contribution in [0.15, 0.2) is 21.8 Å². The quantitative estimate of drug-likeness (QED) is 0.886. The lowest BCUT2D eigenvalue weighted by molar-refractivity contribution is -0.130. The van der Waals surface area contributed by atoms with E-state index in [1.54, 1.807) is 13.3 Å². The molecule has 6 heteroatoms. The maximum atomic E-state index is 12.2. The summed E-state index contributed by atoms with van der Waals surface area (Å²) in [5, 5.41) is 8.27. The lowest BCUT2D eigenvalue weighted by atomic mass is 9.93. The lowest BCUT2D eigenvalue weighted by Gasteiger charge is -2.24. The first kappa shape index (κ1) is 12.9. The molecule has 0 spiro atoms. The molecule has 1 aromatic rings. The van der Waals surface area contributed by atoms with E-state index in [-0.39, 0.29) is 17.9 Å². The predicted octanol–water partition coefficient (Wildman–Crippen LogP) is 1.38. The Bertz CT molecular complexity index is 576. The summed E-state index contributed by atoms with van der Waals surface area (Å²) in [6, 6.07) is 1.90. The molecular formula is C14H17N3O3. The van der Waals surface area contributed by atoms with Crippen molar-refractivity contribution in [2.75, 3.05) is 7.05 Å². The van der Waals surface area contributed by atoms with E-state index in [0.717, 1.165) is 30.6 Å². The van der Waals surface area contributed by atoms with Gasteiger partial charge in [0.25, 0.3) is 5.91 Å². The summed E-state index contributed by atoms with van der Waals surface area (Å²) < 4.78 is 5.41. The van der Waals surface area contributed by atoms with Gasteiger partial charge in [-0.2, -0.15) is 5.10 Å². The molecule has 1 aromatic heterocycles. The minimum Gasteiger partial charge on any atom is -0.469 e. The smallest absolute Gasteiger partial charge is 0.267 e. The summed E-state index contributed by atoms with van der Waals surface area (Å²) in [5.74, 6) is 0.708. The molecule has 1 aliphatic carbocycles. The van der Waals surface area contributed by atoms with E-state index in [1.807, 2.05) is 6.07 Å². The summed E-state index contributed by atoms with van der Waals surface area (Å²) in [7, 11) is 1.57. The first-order valence-corrected chi connectivity index (χ1v) is 6.86. The van der Waals surface area contributed by atoms with Gasteiger partial charge in [-0.1, -0.05) is 0 Å². The highest BCUT2D eigenvalue weighted by Gasteiger charge is 2.27. The second-order valence-electron chi connectivity index (χ2n) is 5.18. The van der Waals surface area contributed by atoms with E-state index in [1.165, 1.54) is 5.01 Å². The minimum atomic E-state index is -0.191. The number of hydrogen-bond donors (Lipinski definition) is 1. The van der Waals surface area contributed by atoms with Crippen LogP contribution in [0.2, 0.25) is 0 Å². The molecule has 0 saturated carbocycles. The second-order valence-corrected chi connectivity index (χ2v) is 5.18. The number of rotatable bonds is 2. The maximum Gasteiger partial charge on any atom is 0.267 e. The number of carbonyl (C=O) groups is 2. The summed E-state index contributed by atoms with van der Waals surface area (Å²) in [6.07, 6.45) is 5.23. The molecular weight excluding hydrogens is 258 g/mol. The van der Waals surface area contributed by atoms with Gasteiger partial charge in [0.05, 0.1) is 12.3 Å². The maximum absolute atomic E-state index is 12.2. The van der Waals surface area contributed by atoms with Crippen LogP contribution in [0, 0.1) is 0 Å². The molecule has 1 atom stereocenters. The van der Waals surface area contributed by atoms with Crippen LogP contribution >= 0.6 is 0 Å². The number of hydrogen-bond acceptors (Lipinski definition) is 4. The Morgan fingerprint density at radius 3 is 3.10 bits per heavy atom. The monoisotopic (exact) mass is 275 g/mol. The van der Waals surface area contributed by atoms with Gasteiger partial charge in [-0.15, -0.1) is 0 Å². The summed E-state index contributed by atoms with van der Waals surface area (Å²) in [4.78, 5) is 23.6. The molecule has 2 heterocycles. The number of nitrogens with zero attached hydrogens (tertiary/aromatic N) is 2. The topological polar surface area (TPSA) is 74.9 Å². The van der Waals surface area contributed by atoms with E-state index < -0.39 is 0 Å². The number of carbonyl (C=O) groups excluding carboxylic acids is 2. The van der Waals surface area contributed by atoms with Crippen LogP contribution in [0.4, 0.5) is 0 Å². The first-order chi connectivity index (χ1) is 9.65. The Kier molecular flexibility index (Phi) is 3.30. The van der Waals surface area contributed by atoms with Gasteiger partial charge in [-0.3, -0.25) is 9.59 Å². The fraction of sp³-hybridized carbons (Fsp3) is 0.500. The normalized spacial score (nSPS) is 22.2. The highest BCUT2D eigenvalue weighted by atomic mass is 16.3. The number of fused-ring (bicyclic) bond motifs is 1. The molecule has 1 N–H and O–H groups in total. The van der Waals surface area contributed by atoms with Crippen LogP contribution < -0.4 is 5.32 Å². The van der Waals surface area contributed by atoms with Crippen molar-refractivity contribution in [3.63, 3.8) is 0 Å². The molecule has 2 aliphatic rings. The van der Waals surface area contributed by atoms with Gasteiger partial charge in [-0.05, 0) is 18.9 Å². The van der Waals surface area contributed by atoms with Crippen molar-refractivity contribution < 1.29 is 14.0 Å². The van der Waals surface area contributed by atoms with Crippen molar-refractivity contribution >= 4 is 17.5 Å². The summed E-state index contributed by atoms with van der Waals surface area (Å²) >= 11 is 0. The van der Waals surface area contributed by atoms with Crippen molar-refractivity contribution in [3.05, 3.63) is 23.7 Å². The van der Waals surface area contributed by atoms with E-state index in [9.17, 15) is 9.59 Å². The van der Waals surface area contributed by atoms with E-state index in [2.05, 4.69) is 10.4 Å². The standard InChI is InChI=1S/C14H17N3O3/c1-17-13(18)6-5-11(16-17)14(19)15-10-3-2-4-12-9(10)7-8-20-12/h7-8,10H,2-6H2,1H3,(H,15,19)/t10-/m1/s1. The highest BCUT2D eigenvalue weighted by Crippen LogP contribution is 2.30. The first-order valence-electron chi connectivity index (χ1n) is 6.86. The van der Waals surface area contributed by atoms with E-state index in [0.29, 0.717) is 18.6 Å². The van der Waals surface area contributed by atoms with Crippen molar-refractivity contribution in [3.8, 4) is 0 Å². The van der Waals surface area contributed by atoms with Gasteiger partial charge >= 0.3 is 0 Å². The van der Waals surface area contributed by atoms with Gasteiger partial charge in [0.15, 0.2) is 0 Å². The Morgan fingerprint density at radius 2 is 2.30 bits per heavy atom. The van der Waals surface area contributed by atoms with Gasteiger partial charge < -0.3 is 9.73 Å². The fourth-order valence-electron chi connectivity index (χ4n) is 2.71. The van der Waals surface area contributed by atoms with Crippen molar-refractivity contribution in [2.45, 2.75) is 38.1 Å². The Hall–Kier alpha value is -2.11. The van der Waals surface area contributed by atoms with Gasteiger partial charge in [0, 0.05) is 31.9 Å². The molecule has 0 saturated heterocycles. The van der Waals surface area contributed by atoms with E-state index >= 15 is 0 Å². The predicted molar refractivity (Wildman–Crippen MR) is 72.0 cm³/mol. The third kappa shape index (κ3) is 2.33. The molecule has 0 radical (unpaired) electrons. The van der Waals surface area contributed by atoms with Crippen LogP contribution in [0.5, 0.6) is 0 Å². The molecule has 0 unspecified atom stereocenters. The molecule has 106 valence electrons. The molecule has 0 aromatic carbocycles. The van der Waals surface area contributed by atoms with Crippen LogP contribution in [0.25, 0.3) is 0 Å². The summed E-state index contributed by atoms with van der Waals surface area (Å²) in [6.45, 7) is 0. The number of nitrogens with one attached hydrogen (secondary N) is 1. The molecule has 6 nitrogen and oxygen atoms in total. The van der Waals surface area contributed by atoms with Crippen molar-refractivity contribution in [1.82, 2.24) is 10.3 Å². The number of furan rings is 1. The molecule has 2 amide bonds. The average molecular weight is 275 g/mol. The lowest BCUT2D eigenvalue weighted by Crippen LogP contribution is -2.39. The third-order valence-electron chi connectivity index (χ3n) is 3.83. The average Bonchev–Trinajstić information content (AvgIpc) is 2.91. The van der Waals surface area contributed by atoms with Crippen molar-refractivity contribution in [2.24, 2.45) is 5.10 Å². The zero-order chi connectivity index (χ0) is 14.1. The Morgan fingerprint density at radius 1 is 1.45 bits per heavy atom. The number of aryl methyl sites for hydroxylation is 1. The van der Waals surface area contributed by atoms with Crippen LogP contribution in [-0.4, -0.2) is 29.6 Å². The second kappa shape index (κ2) is 5.11. The largest absolute Gasteiger partial charge is 0.469 e. The van der Waals surface area contributed by atoms with Gasteiger partial charge in [0.1, 0.15) is 11.5 Å². The zero-order valence-corrected chi connectivity index (χ0v) is 11.4. The molecule has 20 heavy (non-hydrogen) atoms. The third-order valence-corrected chi connectivity index (χ3v) is 3.83. The molecule has 3 rings (SSSR count). The minimum absolute atomic E-state index is 0.0179. The zero-order valence-electron chi connectivity index (χ0n) is 11.4. The van der Waals surface area contributed by atoms with Crippen LogP contribution in [-0.2, 0) is 16.0 Å².